The molecular weight excluding hydrogens is 310 g/mol. The molecule has 1 saturated heterocycles. The van der Waals surface area contributed by atoms with Crippen molar-refractivity contribution in [1.82, 2.24) is 24.8 Å². The Morgan fingerprint density at radius 2 is 2.33 bits per heavy atom. The number of furan rings is 1. The van der Waals surface area contributed by atoms with E-state index in [1.54, 1.807) is 35.3 Å². The summed E-state index contributed by atoms with van der Waals surface area (Å²) in [5.74, 6) is 1.59. The van der Waals surface area contributed by atoms with Crippen molar-refractivity contribution >= 4 is 5.91 Å². The average molecular weight is 327 g/mol. The summed E-state index contributed by atoms with van der Waals surface area (Å²) in [6.07, 6.45) is 4.02. The normalized spacial score (nSPS) is 17.5. The third-order valence-electron chi connectivity index (χ3n) is 4.25. The van der Waals surface area contributed by atoms with Gasteiger partial charge in [-0.1, -0.05) is 5.16 Å². The van der Waals surface area contributed by atoms with E-state index in [4.69, 9.17) is 8.94 Å². The molecule has 8 heteroatoms. The molecule has 1 aliphatic rings. The Bertz CT molecular complexity index is 836. The number of rotatable bonds is 4. The zero-order chi connectivity index (χ0) is 16.5. The molecule has 3 aromatic rings. The Labute approximate surface area is 138 Å². The first-order valence-corrected chi connectivity index (χ1v) is 7.95. The molecule has 4 rings (SSSR count). The third-order valence-corrected chi connectivity index (χ3v) is 4.25. The van der Waals surface area contributed by atoms with E-state index >= 15 is 0 Å². The quantitative estimate of drug-likeness (QED) is 0.729. The summed E-state index contributed by atoms with van der Waals surface area (Å²) in [6.45, 7) is 3.88. The summed E-state index contributed by atoms with van der Waals surface area (Å²) in [7, 11) is 0. The predicted molar refractivity (Wildman–Crippen MR) is 83.2 cm³/mol. The molecule has 0 N–H and O–H groups in total. The van der Waals surface area contributed by atoms with Crippen molar-refractivity contribution in [2.24, 2.45) is 0 Å². The standard InChI is InChI=1S/C16H17N5O3/c1-2-21-12(5-7-17-21)16(22)20-8-6-11(10-20)14-18-15(24-19-14)13-4-3-9-23-13/h3-5,7,9,11H,2,6,8,10H2,1H3. The first kappa shape index (κ1) is 14.7. The lowest BCUT2D eigenvalue weighted by molar-refractivity contribution is 0.0778. The second-order valence-corrected chi connectivity index (χ2v) is 5.70. The van der Waals surface area contributed by atoms with E-state index in [-0.39, 0.29) is 11.8 Å². The highest BCUT2D eigenvalue weighted by atomic mass is 16.5. The smallest absolute Gasteiger partial charge is 0.293 e. The molecule has 4 heterocycles. The SMILES string of the molecule is CCn1nccc1C(=O)N1CCC(c2noc(-c3ccco3)n2)C1. The highest BCUT2D eigenvalue weighted by Gasteiger charge is 2.32. The Morgan fingerprint density at radius 3 is 3.12 bits per heavy atom. The topological polar surface area (TPSA) is 90.2 Å². The Morgan fingerprint density at radius 1 is 1.42 bits per heavy atom. The molecule has 8 nitrogen and oxygen atoms in total. The van der Waals surface area contributed by atoms with Crippen molar-refractivity contribution in [1.29, 1.82) is 0 Å². The molecule has 0 radical (unpaired) electrons. The number of amides is 1. The van der Waals surface area contributed by atoms with Crippen LogP contribution in [0.25, 0.3) is 11.7 Å². The van der Waals surface area contributed by atoms with Crippen LogP contribution in [-0.2, 0) is 6.54 Å². The minimum absolute atomic E-state index is 0.00778. The van der Waals surface area contributed by atoms with Gasteiger partial charge in [0.15, 0.2) is 11.6 Å². The maximum atomic E-state index is 12.6. The molecule has 0 spiro atoms. The van der Waals surface area contributed by atoms with Gasteiger partial charge in [-0.15, -0.1) is 0 Å². The number of likely N-dealkylation sites (tertiary alicyclic amines) is 1. The number of hydrogen-bond donors (Lipinski definition) is 0. The van der Waals surface area contributed by atoms with Gasteiger partial charge in [-0.3, -0.25) is 9.48 Å². The molecule has 3 aromatic heterocycles. The largest absolute Gasteiger partial charge is 0.459 e. The summed E-state index contributed by atoms with van der Waals surface area (Å²) in [6, 6.07) is 5.29. The van der Waals surface area contributed by atoms with Crippen molar-refractivity contribution in [2.45, 2.75) is 25.8 Å². The van der Waals surface area contributed by atoms with Crippen LogP contribution in [-0.4, -0.2) is 43.8 Å². The first-order chi connectivity index (χ1) is 11.8. The van der Waals surface area contributed by atoms with E-state index in [1.807, 2.05) is 11.8 Å². The highest BCUT2D eigenvalue weighted by molar-refractivity contribution is 5.92. The van der Waals surface area contributed by atoms with Gasteiger partial charge in [-0.25, -0.2) is 0 Å². The lowest BCUT2D eigenvalue weighted by Crippen LogP contribution is -2.30. The Kier molecular flexibility index (Phi) is 3.64. The zero-order valence-electron chi connectivity index (χ0n) is 13.3. The van der Waals surface area contributed by atoms with Gasteiger partial charge in [-0.2, -0.15) is 10.1 Å². The van der Waals surface area contributed by atoms with Gasteiger partial charge < -0.3 is 13.8 Å². The van der Waals surface area contributed by atoms with Crippen molar-refractivity contribution in [2.75, 3.05) is 13.1 Å². The van der Waals surface area contributed by atoms with Gasteiger partial charge in [-0.05, 0) is 31.5 Å². The summed E-state index contributed by atoms with van der Waals surface area (Å²) < 4.78 is 12.2. The number of hydrogen-bond acceptors (Lipinski definition) is 6. The van der Waals surface area contributed by atoms with Gasteiger partial charge >= 0.3 is 0 Å². The predicted octanol–water partition coefficient (Wildman–Crippen LogP) is 2.18. The van der Waals surface area contributed by atoms with Crippen LogP contribution in [0.3, 0.4) is 0 Å². The Balaban J connectivity index is 1.48. The summed E-state index contributed by atoms with van der Waals surface area (Å²) >= 11 is 0. The Hall–Kier alpha value is -2.90. The van der Waals surface area contributed by atoms with E-state index in [1.165, 1.54) is 0 Å². The molecule has 0 saturated carbocycles. The molecule has 1 unspecified atom stereocenters. The fourth-order valence-corrected chi connectivity index (χ4v) is 2.98. The van der Waals surface area contributed by atoms with Gasteiger partial charge in [0.05, 0.1) is 6.26 Å². The molecule has 124 valence electrons. The molecular formula is C16H17N5O3. The summed E-state index contributed by atoms with van der Waals surface area (Å²) in [4.78, 5) is 18.9. The molecule has 1 amide bonds. The van der Waals surface area contributed by atoms with Gasteiger partial charge in [0, 0.05) is 31.7 Å². The van der Waals surface area contributed by atoms with Crippen LogP contribution in [0.2, 0.25) is 0 Å². The second kappa shape index (κ2) is 5.95. The van der Waals surface area contributed by atoms with Gasteiger partial charge in [0.1, 0.15) is 5.69 Å². The number of carbonyl (C=O) groups is 1. The van der Waals surface area contributed by atoms with Crippen LogP contribution >= 0.6 is 0 Å². The maximum Gasteiger partial charge on any atom is 0.293 e. The van der Waals surface area contributed by atoms with Crippen molar-refractivity contribution in [3.05, 3.63) is 42.2 Å². The fourth-order valence-electron chi connectivity index (χ4n) is 2.98. The minimum atomic E-state index is -0.00778. The highest BCUT2D eigenvalue weighted by Crippen LogP contribution is 2.28. The molecule has 0 aromatic carbocycles. The van der Waals surface area contributed by atoms with Crippen LogP contribution in [0.1, 0.15) is 35.6 Å². The van der Waals surface area contributed by atoms with E-state index in [0.29, 0.717) is 42.8 Å². The number of carbonyl (C=O) groups excluding carboxylic acids is 1. The second-order valence-electron chi connectivity index (χ2n) is 5.70. The molecule has 24 heavy (non-hydrogen) atoms. The average Bonchev–Trinajstić information content (AvgIpc) is 3.41. The summed E-state index contributed by atoms with van der Waals surface area (Å²) in [5.41, 5.74) is 0.613. The monoisotopic (exact) mass is 327 g/mol. The van der Waals surface area contributed by atoms with Crippen LogP contribution in [0.5, 0.6) is 0 Å². The van der Waals surface area contributed by atoms with E-state index in [0.717, 1.165) is 6.42 Å². The van der Waals surface area contributed by atoms with Gasteiger partial charge in [0.2, 0.25) is 0 Å². The molecule has 0 bridgehead atoms. The van der Waals surface area contributed by atoms with Crippen molar-refractivity contribution in [3.63, 3.8) is 0 Å². The first-order valence-electron chi connectivity index (χ1n) is 7.95. The molecule has 1 atom stereocenters. The minimum Gasteiger partial charge on any atom is -0.459 e. The van der Waals surface area contributed by atoms with Crippen molar-refractivity contribution in [3.8, 4) is 11.7 Å². The number of aromatic nitrogens is 4. The lowest BCUT2D eigenvalue weighted by atomic mass is 10.1. The number of aryl methyl sites for hydroxylation is 1. The van der Waals surface area contributed by atoms with Crippen LogP contribution < -0.4 is 0 Å². The van der Waals surface area contributed by atoms with Gasteiger partial charge in [0.25, 0.3) is 11.8 Å². The molecule has 0 aliphatic carbocycles. The number of nitrogens with zero attached hydrogens (tertiary/aromatic N) is 5. The fraction of sp³-hybridized carbons (Fsp3) is 0.375. The maximum absolute atomic E-state index is 12.6. The van der Waals surface area contributed by atoms with Crippen LogP contribution in [0, 0.1) is 0 Å². The van der Waals surface area contributed by atoms with Crippen molar-refractivity contribution < 1.29 is 13.7 Å². The molecule has 1 fully saturated rings. The van der Waals surface area contributed by atoms with E-state index < -0.39 is 0 Å². The third kappa shape index (κ3) is 2.49. The van der Waals surface area contributed by atoms with E-state index in [9.17, 15) is 4.79 Å². The zero-order valence-corrected chi connectivity index (χ0v) is 13.3. The lowest BCUT2D eigenvalue weighted by Gasteiger charge is -2.16. The summed E-state index contributed by atoms with van der Waals surface area (Å²) in [5, 5.41) is 8.20. The van der Waals surface area contributed by atoms with E-state index in [2.05, 4.69) is 15.2 Å². The van der Waals surface area contributed by atoms with Crippen LogP contribution in [0.15, 0.2) is 39.6 Å². The molecule has 1 aliphatic heterocycles. The van der Waals surface area contributed by atoms with Crippen LogP contribution in [0.4, 0.5) is 0 Å².